The maximum atomic E-state index is 11.5. The monoisotopic (exact) mass is 244 g/mol. The van der Waals surface area contributed by atoms with E-state index in [4.69, 9.17) is 10.5 Å². The number of hydrogen-bond acceptors (Lipinski definition) is 3. The molecular formula is C11H17ClN2O2. The molecule has 90 valence electrons. The summed E-state index contributed by atoms with van der Waals surface area (Å²) >= 11 is 0. The van der Waals surface area contributed by atoms with Gasteiger partial charge in [0.2, 0.25) is 5.91 Å². The van der Waals surface area contributed by atoms with Crippen molar-refractivity contribution < 1.29 is 9.53 Å². The molecule has 0 heterocycles. The molecule has 1 rings (SSSR count). The molecule has 0 unspecified atom stereocenters. The molecule has 1 amide bonds. The van der Waals surface area contributed by atoms with Crippen LogP contribution >= 0.6 is 12.4 Å². The first-order valence-electron chi connectivity index (χ1n) is 4.67. The third kappa shape index (κ3) is 3.62. The average Bonchev–Trinajstić information content (AvgIpc) is 2.20. The van der Waals surface area contributed by atoms with E-state index in [9.17, 15) is 4.79 Å². The summed E-state index contributed by atoms with van der Waals surface area (Å²) in [5.74, 6) is 0.697. The number of nitrogen functional groups attached to an aromatic ring is 1. The third-order valence-corrected chi connectivity index (χ3v) is 2.15. The number of amides is 1. The quantitative estimate of drug-likeness (QED) is 0.817. The maximum Gasteiger partial charge on any atom is 0.226 e. The fourth-order valence-electron chi connectivity index (χ4n) is 1.23. The summed E-state index contributed by atoms with van der Waals surface area (Å²) in [6.07, 6.45) is 0.330. The summed E-state index contributed by atoms with van der Waals surface area (Å²) in [6, 6.07) is 5.30. The Morgan fingerprint density at radius 2 is 2.06 bits per heavy atom. The Morgan fingerprint density at radius 1 is 1.44 bits per heavy atom. The minimum Gasteiger partial charge on any atom is -0.496 e. The summed E-state index contributed by atoms with van der Waals surface area (Å²) in [4.78, 5) is 13.1. The Labute approximate surface area is 102 Å². The zero-order valence-corrected chi connectivity index (χ0v) is 10.5. The van der Waals surface area contributed by atoms with Crippen molar-refractivity contribution in [2.24, 2.45) is 0 Å². The lowest BCUT2D eigenvalue weighted by Crippen LogP contribution is -2.23. The van der Waals surface area contributed by atoms with Gasteiger partial charge < -0.3 is 15.4 Å². The molecule has 0 fully saturated rings. The van der Waals surface area contributed by atoms with Crippen molar-refractivity contribution in [1.82, 2.24) is 4.90 Å². The zero-order valence-electron chi connectivity index (χ0n) is 9.69. The molecule has 0 aromatic heterocycles. The molecule has 0 atom stereocenters. The van der Waals surface area contributed by atoms with Gasteiger partial charge in [-0.05, 0) is 6.07 Å². The Kier molecular flexibility index (Phi) is 5.67. The maximum absolute atomic E-state index is 11.5. The average molecular weight is 245 g/mol. The van der Waals surface area contributed by atoms with E-state index in [1.807, 2.05) is 6.07 Å². The Balaban J connectivity index is 0.00000225. The van der Waals surface area contributed by atoms with Crippen LogP contribution in [0.5, 0.6) is 5.75 Å². The van der Waals surface area contributed by atoms with Crippen molar-refractivity contribution in [2.75, 3.05) is 26.9 Å². The molecule has 0 aliphatic rings. The SMILES string of the molecule is COc1cc(N)ccc1CC(=O)N(C)C.Cl. The van der Waals surface area contributed by atoms with Crippen LogP contribution in [0, 0.1) is 0 Å². The summed E-state index contributed by atoms with van der Waals surface area (Å²) in [5.41, 5.74) is 7.10. The van der Waals surface area contributed by atoms with Gasteiger partial charge in [0.15, 0.2) is 0 Å². The van der Waals surface area contributed by atoms with Crippen molar-refractivity contribution in [3.8, 4) is 5.75 Å². The summed E-state index contributed by atoms with van der Waals surface area (Å²) in [6.45, 7) is 0. The fourth-order valence-corrected chi connectivity index (χ4v) is 1.23. The van der Waals surface area contributed by atoms with Gasteiger partial charge in [-0.2, -0.15) is 0 Å². The number of rotatable bonds is 3. The predicted octanol–water partition coefficient (Wildman–Crippen LogP) is 1.33. The van der Waals surface area contributed by atoms with Crippen LogP contribution in [0.4, 0.5) is 5.69 Å². The molecule has 0 aliphatic heterocycles. The topological polar surface area (TPSA) is 55.6 Å². The Hall–Kier alpha value is -1.42. The highest BCUT2D eigenvalue weighted by Gasteiger charge is 2.10. The lowest BCUT2D eigenvalue weighted by Gasteiger charge is -2.12. The summed E-state index contributed by atoms with van der Waals surface area (Å²) in [7, 11) is 5.02. The van der Waals surface area contributed by atoms with Crippen molar-refractivity contribution in [2.45, 2.75) is 6.42 Å². The highest BCUT2D eigenvalue weighted by Crippen LogP contribution is 2.22. The highest BCUT2D eigenvalue weighted by molar-refractivity contribution is 5.85. The van der Waals surface area contributed by atoms with E-state index >= 15 is 0 Å². The second-order valence-electron chi connectivity index (χ2n) is 3.54. The Morgan fingerprint density at radius 3 is 2.56 bits per heavy atom. The molecule has 0 spiro atoms. The molecule has 1 aromatic carbocycles. The number of benzene rings is 1. The van der Waals surface area contributed by atoms with E-state index < -0.39 is 0 Å². The molecule has 5 heteroatoms. The second-order valence-corrected chi connectivity index (χ2v) is 3.54. The van der Waals surface area contributed by atoms with E-state index in [2.05, 4.69) is 0 Å². The van der Waals surface area contributed by atoms with E-state index in [1.165, 1.54) is 0 Å². The molecule has 4 nitrogen and oxygen atoms in total. The number of carbonyl (C=O) groups excluding carboxylic acids is 1. The number of halogens is 1. The fraction of sp³-hybridized carbons (Fsp3) is 0.364. The van der Waals surface area contributed by atoms with Gasteiger partial charge in [0.05, 0.1) is 13.5 Å². The number of nitrogens with zero attached hydrogens (tertiary/aromatic N) is 1. The van der Waals surface area contributed by atoms with Gasteiger partial charge in [-0.25, -0.2) is 0 Å². The van der Waals surface area contributed by atoms with Gasteiger partial charge >= 0.3 is 0 Å². The van der Waals surface area contributed by atoms with Crippen molar-refractivity contribution in [3.63, 3.8) is 0 Å². The van der Waals surface area contributed by atoms with Crippen molar-refractivity contribution in [1.29, 1.82) is 0 Å². The minimum absolute atomic E-state index is 0. The molecular weight excluding hydrogens is 228 g/mol. The zero-order chi connectivity index (χ0) is 11.4. The number of anilines is 1. The first-order valence-corrected chi connectivity index (χ1v) is 4.67. The lowest BCUT2D eigenvalue weighted by molar-refractivity contribution is -0.127. The van der Waals surface area contributed by atoms with Crippen LogP contribution in [0.15, 0.2) is 18.2 Å². The molecule has 0 saturated carbocycles. The number of hydrogen-bond donors (Lipinski definition) is 1. The Bertz CT molecular complexity index is 367. The van der Waals surface area contributed by atoms with Crippen LogP contribution < -0.4 is 10.5 Å². The standard InChI is InChI=1S/C11H16N2O2.ClH/c1-13(2)11(14)6-8-4-5-9(12)7-10(8)15-3;/h4-5,7H,6,12H2,1-3H3;1H. The molecule has 0 saturated heterocycles. The van der Waals surface area contributed by atoms with E-state index in [-0.39, 0.29) is 18.3 Å². The van der Waals surface area contributed by atoms with Crippen LogP contribution in [0.2, 0.25) is 0 Å². The number of methoxy groups -OCH3 is 1. The predicted molar refractivity (Wildman–Crippen MR) is 67.1 cm³/mol. The summed E-state index contributed by atoms with van der Waals surface area (Å²) < 4.78 is 5.16. The molecule has 2 N–H and O–H groups in total. The van der Waals surface area contributed by atoms with Gasteiger partial charge in [-0.3, -0.25) is 4.79 Å². The van der Waals surface area contributed by atoms with E-state index in [0.717, 1.165) is 5.56 Å². The normalized spacial score (nSPS) is 9.19. The lowest BCUT2D eigenvalue weighted by atomic mass is 10.1. The molecule has 0 aliphatic carbocycles. The molecule has 0 bridgehead atoms. The van der Waals surface area contributed by atoms with Crippen LogP contribution in [0.1, 0.15) is 5.56 Å². The van der Waals surface area contributed by atoms with E-state index in [0.29, 0.717) is 17.9 Å². The number of ether oxygens (including phenoxy) is 1. The summed E-state index contributed by atoms with van der Waals surface area (Å²) in [5, 5.41) is 0. The van der Waals surface area contributed by atoms with Crippen LogP contribution in [-0.4, -0.2) is 32.0 Å². The highest BCUT2D eigenvalue weighted by atomic mass is 35.5. The van der Waals surface area contributed by atoms with Gasteiger partial charge in [0, 0.05) is 31.4 Å². The van der Waals surface area contributed by atoms with Gasteiger partial charge in [0.25, 0.3) is 0 Å². The van der Waals surface area contributed by atoms with Gasteiger partial charge in [-0.1, -0.05) is 6.07 Å². The van der Waals surface area contributed by atoms with Crippen LogP contribution in [0.3, 0.4) is 0 Å². The number of carbonyl (C=O) groups is 1. The first kappa shape index (κ1) is 14.6. The minimum atomic E-state index is 0. The smallest absolute Gasteiger partial charge is 0.226 e. The largest absolute Gasteiger partial charge is 0.496 e. The molecule has 0 radical (unpaired) electrons. The van der Waals surface area contributed by atoms with Crippen molar-refractivity contribution >= 4 is 24.0 Å². The van der Waals surface area contributed by atoms with Crippen molar-refractivity contribution in [3.05, 3.63) is 23.8 Å². The van der Waals surface area contributed by atoms with Crippen LogP contribution in [0.25, 0.3) is 0 Å². The molecule has 16 heavy (non-hydrogen) atoms. The number of likely N-dealkylation sites (N-methyl/N-ethyl adjacent to an activating group) is 1. The van der Waals surface area contributed by atoms with Gasteiger partial charge in [0.1, 0.15) is 5.75 Å². The second kappa shape index (κ2) is 6.23. The first-order chi connectivity index (χ1) is 7.04. The van der Waals surface area contributed by atoms with E-state index in [1.54, 1.807) is 38.2 Å². The molecule has 1 aromatic rings. The van der Waals surface area contributed by atoms with Crippen LogP contribution in [-0.2, 0) is 11.2 Å². The number of nitrogens with two attached hydrogens (primary N) is 1. The van der Waals surface area contributed by atoms with Gasteiger partial charge in [-0.15, -0.1) is 12.4 Å². The third-order valence-electron chi connectivity index (χ3n) is 2.15.